The summed E-state index contributed by atoms with van der Waals surface area (Å²) in [5.41, 5.74) is 6.69. The summed E-state index contributed by atoms with van der Waals surface area (Å²) in [6.45, 7) is 10.2. The molecule has 3 aromatic carbocycles. The molecule has 0 radical (unpaired) electrons. The Morgan fingerprint density at radius 3 is 2.61 bits per heavy atom. The molecule has 1 amide bonds. The minimum absolute atomic E-state index is 0.115. The van der Waals surface area contributed by atoms with Crippen molar-refractivity contribution in [2.45, 2.75) is 52.0 Å². The molecule has 5 rings (SSSR count). The van der Waals surface area contributed by atoms with Crippen molar-refractivity contribution in [3.8, 4) is 5.75 Å². The number of aryl methyl sites for hydroxylation is 1. The van der Waals surface area contributed by atoms with E-state index in [1.807, 2.05) is 29.2 Å². The van der Waals surface area contributed by atoms with Gasteiger partial charge in [-0.2, -0.15) is 0 Å². The molecule has 0 saturated carbocycles. The maximum Gasteiger partial charge on any atom is 0.223 e. The van der Waals surface area contributed by atoms with E-state index in [-0.39, 0.29) is 17.2 Å². The highest BCUT2D eigenvalue weighted by atomic mass is 16.5. The molecule has 4 heteroatoms. The number of rotatable bonds is 4. The lowest BCUT2D eigenvalue weighted by molar-refractivity contribution is -0.128. The molecular formula is C29H31NO3. The maximum atomic E-state index is 13.0. The predicted molar refractivity (Wildman–Crippen MR) is 133 cm³/mol. The molecule has 170 valence electrons. The van der Waals surface area contributed by atoms with Crippen LogP contribution in [-0.2, 0) is 16.8 Å². The van der Waals surface area contributed by atoms with Gasteiger partial charge in [-0.3, -0.25) is 4.79 Å². The average Bonchev–Trinajstić information content (AvgIpc) is 3.33. The van der Waals surface area contributed by atoms with Crippen molar-refractivity contribution in [2.75, 3.05) is 13.7 Å². The number of methoxy groups -OCH3 is 1. The third kappa shape index (κ3) is 3.78. The maximum absolute atomic E-state index is 13.0. The summed E-state index contributed by atoms with van der Waals surface area (Å²) in [4.78, 5) is 15.0. The molecule has 1 aromatic heterocycles. The van der Waals surface area contributed by atoms with E-state index in [0.717, 1.165) is 33.3 Å². The Bertz CT molecular complexity index is 1360. The van der Waals surface area contributed by atoms with Gasteiger partial charge in [-0.05, 0) is 46.7 Å². The van der Waals surface area contributed by atoms with Crippen LogP contribution < -0.4 is 4.74 Å². The van der Waals surface area contributed by atoms with Gasteiger partial charge in [0.15, 0.2) is 11.3 Å². The second kappa shape index (κ2) is 7.95. The van der Waals surface area contributed by atoms with Crippen molar-refractivity contribution >= 4 is 27.8 Å². The number of carbonyl (C=O) groups excluding carboxylic acids is 1. The van der Waals surface area contributed by atoms with E-state index in [0.29, 0.717) is 19.5 Å². The van der Waals surface area contributed by atoms with Crippen molar-refractivity contribution < 1.29 is 13.9 Å². The standard InChI is InChI=1S/C29H31NO3/c1-18-14-19(10-12-23(18)29(2,3)4)16-30-17-20(15-26(30)31)21-11-13-25(32-5)28-27(21)22-8-6-7-9-24(22)33-28/h6-14,20H,15-17H2,1-5H3. The van der Waals surface area contributed by atoms with Crippen LogP contribution in [0.1, 0.15) is 55.4 Å². The van der Waals surface area contributed by atoms with Crippen molar-refractivity contribution in [3.63, 3.8) is 0 Å². The van der Waals surface area contributed by atoms with Crippen LogP contribution in [0.3, 0.4) is 0 Å². The summed E-state index contributed by atoms with van der Waals surface area (Å²) in [6, 6.07) is 18.7. The highest BCUT2D eigenvalue weighted by molar-refractivity contribution is 6.09. The Morgan fingerprint density at radius 2 is 1.88 bits per heavy atom. The third-order valence-corrected chi connectivity index (χ3v) is 6.87. The summed E-state index contributed by atoms with van der Waals surface area (Å²) >= 11 is 0. The highest BCUT2D eigenvalue weighted by Gasteiger charge is 2.33. The molecule has 33 heavy (non-hydrogen) atoms. The van der Waals surface area contributed by atoms with Gasteiger partial charge < -0.3 is 14.1 Å². The van der Waals surface area contributed by atoms with Gasteiger partial charge in [-0.25, -0.2) is 0 Å². The Hall–Kier alpha value is -3.27. The summed E-state index contributed by atoms with van der Waals surface area (Å²) in [7, 11) is 1.66. The first kappa shape index (κ1) is 21.6. The predicted octanol–water partition coefficient (Wildman–Crippen LogP) is 6.72. The smallest absolute Gasteiger partial charge is 0.223 e. The van der Waals surface area contributed by atoms with Gasteiger partial charge in [0.25, 0.3) is 0 Å². The second-order valence-corrected chi connectivity index (χ2v) is 10.2. The van der Waals surface area contributed by atoms with E-state index in [1.54, 1.807) is 7.11 Å². The second-order valence-electron chi connectivity index (χ2n) is 10.2. The van der Waals surface area contributed by atoms with E-state index in [9.17, 15) is 4.79 Å². The minimum Gasteiger partial charge on any atom is -0.493 e. The lowest BCUT2D eigenvalue weighted by atomic mass is 9.83. The SMILES string of the molecule is COc1ccc(C2CC(=O)N(Cc3ccc(C(C)(C)C)c(C)c3)C2)c2c1oc1ccccc12. The van der Waals surface area contributed by atoms with Crippen LogP contribution in [-0.4, -0.2) is 24.5 Å². The molecule has 0 aliphatic carbocycles. The third-order valence-electron chi connectivity index (χ3n) is 6.87. The summed E-state index contributed by atoms with van der Waals surface area (Å²) in [5, 5.41) is 2.13. The molecule has 0 N–H and O–H groups in total. The monoisotopic (exact) mass is 441 g/mol. The molecule has 1 saturated heterocycles. The molecular weight excluding hydrogens is 410 g/mol. The lowest BCUT2D eigenvalue weighted by Crippen LogP contribution is -2.24. The molecule has 1 unspecified atom stereocenters. The highest BCUT2D eigenvalue weighted by Crippen LogP contribution is 2.42. The van der Waals surface area contributed by atoms with E-state index >= 15 is 0 Å². The molecule has 1 atom stereocenters. The van der Waals surface area contributed by atoms with Crippen molar-refractivity contribution in [3.05, 3.63) is 76.9 Å². The fraction of sp³-hybridized carbons (Fsp3) is 0.345. The molecule has 4 aromatic rings. The first-order valence-corrected chi connectivity index (χ1v) is 11.6. The number of para-hydroxylation sites is 1. The number of hydrogen-bond acceptors (Lipinski definition) is 3. The van der Waals surface area contributed by atoms with Crippen molar-refractivity contribution in [2.24, 2.45) is 0 Å². The fourth-order valence-corrected chi connectivity index (χ4v) is 5.35. The Labute approximate surface area is 195 Å². The zero-order valence-corrected chi connectivity index (χ0v) is 20.1. The van der Waals surface area contributed by atoms with E-state index in [1.165, 1.54) is 16.7 Å². The van der Waals surface area contributed by atoms with Gasteiger partial charge in [0.05, 0.1) is 7.11 Å². The van der Waals surface area contributed by atoms with Crippen LogP contribution in [0.4, 0.5) is 0 Å². The van der Waals surface area contributed by atoms with Gasteiger partial charge in [0.2, 0.25) is 5.91 Å². The lowest BCUT2D eigenvalue weighted by Gasteiger charge is -2.23. The number of ether oxygens (including phenoxy) is 1. The largest absolute Gasteiger partial charge is 0.493 e. The first-order chi connectivity index (χ1) is 15.8. The average molecular weight is 442 g/mol. The van der Waals surface area contributed by atoms with Gasteiger partial charge in [0, 0.05) is 36.2 Å². The number of nitrogens with zero attached hydrogens (tertiary/aromatic N) is 1. The van der Waals surface area contributed by atoms with Gasteiger partial charge in [-0.15, -0.1) is 0 Å². The molecule has 2 heterocycles. The molecule has 0 spiro atoms. The van der Waals surface area contributed by atoms with Crippen molar-refractivity contribution in [1.29, 1.82) is 0 Å². The van der Waals surface area contributed by atoms with Crippen LogP contribution in [0, 0.1) is 6.92 Å². The minimum atomic E-state index is 0.115. The number of fused-ring (bicyclic) bond motifs is 3. The normalized spacial score (nSPS) is 16.8. The number of hydrogen-bond donors (Lipinski definition) is 0. The van der Waals surface area contributed by atoms with Crippen molar-refractivity contribution in [1.82, 2.24) is 4.90 Å². The van der Waals surface area contributed by atoms with E-state index in [2.05, 4.69) is 58.0 Å². The number of benzene rings is 3. The summed E-state index contributed by atoms with van der Waals surface area (Å²) in [6.07, 6.45) is 0.514. The number of likely N-dealkylation sites (tertiary alicyclic amines) is 1. The fourth-order valence-electron chi connectivity index (χ4n) is 5.35. The molecule has 1 aliphatic rings. The molecule has 1 fully saturated rings. The quantitative estimate of drug-likeness (QED) is 0.353. The Morgan fingerprint density at radius 1 is 1.09 bits per heavy atom. The number of amides is 1. The number of carbonyl (C=O) groups is 1. The van der Waals surface area contributed by atoms with Crippen LogP contribution in [0.2, 0.25) is 0 Å². The Balaban J connectivity index is 1.46. The molecule has 0 bridgehead atoms. The zero-order chi connectivity index (χ0) is 23.3. The molecule has 4 nitrogen and oxygen atoms in total. The van der Waals surface area contributed by atoms with Gasteiger partial charge >= 0.3 is 0 Å². The van der Waals surface area contributed by atoms with E-state index in [4.69, 9.17) is 9.15 Å². The van der Waals surface area contributed by atoms with Crippen LogP contribution in [0.5, 0.6) is 5.75 Å². The zero-order valence-electron chi connectivity index (χ0n) is 20.1. The topological polar surface area (TPSA) is 42.7 Å². The molecule has 1 aliphatic heterocycles. The number of furan rings is 1. The summed E-state index contributed by atoms with van der Waals surface area (Å²) < 4.78 is 11.7. The van der Waals surface area contributed by atoms with Crippen LogP contribution >= 0.6 is 0 Å². The van der Waals surface area contributed by atoms with Crippen LogP contribution in [0.25, 0.3) is 21.9 Å². The summed E-state index contributed by atoms with van der Waals surface area (Å²) in [5.74, 6) is 1.05. The van der Waals surface area contributed by atoms with E-state index < -0.39 is 0 Å². The van der Waals surface area contributed by atoms with Crippen LogP contribution in [0.15, 0.2) is 59.0 Å². The van der Waals surface area contributed by atoms with Gasteiger partial charge in [-0.1, -0.05) is 63.2 Å². The Kier molecular flexibility index (Phi) is 5.19. The first-order valence-electron chi connectivity index (χ1n) is 11.6. The van der Waals surface area contributed by atoms with Gasteiger partial charge in [0.1, 0.15) is 5.58 Å².